The number of rotatable bonds is 4. The molecular formula is C14H22N2S. The first-order chi connectivity index (χ1) is 8.02. The summed E-state index contributed by atoms with van der Waals surface area (Å²) < 4.78 is 0. The number of thiocarbonyl (C=S) groups is 1. The molecule has 0 aliphatic heterocycles. The average molecular weight is 250 g/mol. The van der Waals surface area contributed by atoms with E-state index >= 15 is 0 Å². The van der Waals surface area contributed by atoms with E-state index in [0.717, 1.165) is 12.1 Å². The van der Waals surface area contributed by atoms with Crippen LogP contribution in [0.1, 0.15) is 37.8 Å². The van der Waals surface area contributed by atoms with Gasteiger partial charge in [0.1, 0.15) is 0 Å². The topological polar surface area (TPSA) is 24.1 Å². The van der Waals surface area contributed by atoms with Gasteiger partial charge in [0.25, 0.3) is 0 Å². The largest absolute Gasteiger partial charge is 0.360 e. The Balaban J connectivity index is 2.56. The van der Waals surface area contributed by atoms with Gasteiger partial charge in [-0.05, 0) is 51.0 Å². The zero-order valence-corrected chi connectivity index (χ0v) is 11.9. The van der Waals surface area contributed by atoms with Crippen LogP contribution in [0, 0.1) is 13.8 Å². The van der Waals surface area contributed by atoms with E-state index in [1.54, 1.807) is 0 Å². The van der Waals surface area contributed by atoms with Crippen LogP contribution < -0.4 is 10.6 Å². The zero-order valence-electron chi connectivity index (χ0n) is 11.1. The summed E-state index contributed by atoms with van der Waals surface area (Å²) in [7, 11) is 0. The highest BCUT2D eigenvalue weighted by Crippen LogP contribution is 2.15. The highest BCUT2D eigenvalue weighted by Gasteiger charge is 2.04. The molecule has 0 amide bonds. The maximum atomic E-state index is 5.30. The molecule has 0 fully saturated rings. The van der Waals surface area contributed by atoms with E-state index in [0.29, 0.717) is 11.2 Å². The Morgan fingerprint density at radius 3 is 2.65 bits per heavy atom. The summed E-state index contributed by atoms with van der Waals surface area (Å²) in [5.41, 5.74) is 3.57. The predicted octanol–water partition coefficient (Wildman–Crippen LogP) is 3.78. The van der Waals surface area contributed by atoms with Gasteiger partial charge in [-0.25, -0.2) is 0 Å². The van der Waals surface area contributed by atoms with Crippen molar-refractivity contribution in [3.63, 3.8) is 0 Å². The summed E-state index contributed by atoms with van der Waals surface area (Å²) in [6, 6.07) is 6.74. The molecule has 1 atom stereocenters. The molecule has 2 nitrogen and oxygen atoms in total. The molecule has 0 unspecified atom stereocenters. The fourth-order valence-electron chi connectivity index (χ4n) is 1.84. The number of hydrogen-bond donors (Lipinski definition) is 2. The minimum Gasteiger partial charge on any atom is -0.360 e. The van der Waals surface area contributed by atoms with Crippen molar-refractivity contribution in [3.8, 4) is 0 Å². The van der Waals surface area contributed by atoms with Crippen LogP contribution >= 0.6 is 12.2 Å². The molecule has 1 aromatic rings. The second-order valence-electron chi connectivity index (χ2n) is 4.61. The Morgan fingerprint density at radius 2 is 2.06 bits per heavy atom. The molecule has 17 heavy (non-hydrogen) atoms. The third-order valence-electron chi connectivity index (χ3n) is 2.73. The predicted molar refractivity (Wildman–Crippen MR) is 79.6 cm³/mol. The minimum atomic E-state index is 0.422. The third-order valence-corrected chi connectivity index (χ3v) is 2.95. The van der Waals surface area contributed by atoms with Gasteiger partial charge in [-0.1, -0.05) is 31.0 Å². The first kappa shape index (κ1) is 14.0. The summed E-state index contributed by atoms with van der Waals surface area (Å²) in [5.74, 6) is 0. The fraction of sp³-hybridized carbons (Fsp3) is 0.500. The second-order valence-corrected chi connectivity index (χ2v) is 5.01. The van der Waals surface area contributed by atoms with E-state index < -0.39 is 0 Å². The van der Waals surface area contributed by atoms with Gasteiger partial charge in [-0.3, -0.25) is 0 Å². The van der Waals surface area contributed by atoms with Crippen LogP contribution in [0.5, 0.6) is 0 Å². The van der Waals surface area contributed by atoms with Crippen molar-refractivity contribution in [1.29, 1.82) is 0 Å². The molecule has 94 valence electrons. The Hall–Kier alpha value is -1.09. The molecule has 0 saturated carbocycles. The smallest absolute Gasteiger partial charge is 0.170 e. The molecule has 0 radical (unpaired) electrons. The van der Waals surface area contributed by atoms with E-state index in [1.165, 1.54) is 17.5 Å². The standard InChI is InChI=1S/C14H22N2S/c1-5-6-12(4)15-14(17)16-13-8-7-10(2)9-11(13)3/h7-9,12H,5-6H2,1-4H3,(H2,15,16,17)/t12-/m1/s1. The van der Waals surface area contributed by atoms with Crippen molar-refractivity contribution < 1.29 is 0 Å². The summed E-state index contributed by atoms with van der Waals surface area (Å²) >= 11 is 5.30. The Morgan fingerprint density at radius 1 is 1.35 bits per heavy atom. The van der Waals surface area contributed by atoms with Gasteiger partial charge in [0.15, 0.2) is 5.11 Å². The zero-order chi connectivity index (χ0) is 12.8. The Labute approximate surface area is 110 Å². The van der Waals surface area contributed by atoms with Crippen LogP contribution in [-0.4, -0.2) is 11.2 Å². The SMILES string of the molecule is CCC[C@@H](C)NC(=S)Nc1ccc(C)cc1C. The summed E-state index contributed by atoms with van der Waals surface area (Å²) in [4.78, 5) is 0. The normalized spacial score (nSPS) is 12.0. The molecule has 1 rings (SSSR count). The lowest BCUT2D eigenvalue weighted by molar-refractivity contribution is 0.599. The van der Waals surface area contributed by atoms with Gasteiger partial charge >= 0.3 is 0 Å². The second kappa shape index (κ2) is 6.60. The highest BCUT2D eigenvalue weighted by molar-refractivity contribution is 7.80. The number of aryl methyl sites for hydroxylation is 2. The van der Waals surface area contributed by atoms with Crippen LogP contribution in [0.2, 0.25) is 0 Å². The quantitative estimate of drug-likeness (QED) is 0.795. The Bertz CT molecular complexity index is 388. The van der Waals surface area contributed by atoms with Gasteiger partial charge < -0.3 is 10.6 Å². The van der Waals surface area contributed by atoms with E-state index in [9.17, 15) is 0 Å². The van der Waals surface area contributed by atoms with Crippen molar-refractivity contribution in [2.75, 3.05) is 5.32 Å². The molecule has 1 aromatic carbocycles. The first-order valence-corrected chi connectivity index (χ1v) is 6.58. The molecule has 0 bridgehead atoms. The van der Waals surface area contributed by atoms with Crippen LogP contribution in [0.3, 0.4) is 0 Å². The van der Waals surface area contributed by atoms with Crippen LogP contribution in [0.15, 0.2) is 18.2 Å². The van der Waals surface area contributed by atoms with Crippen LogP contribution in [0.4, 0.5) is 5.69 Å². The van der Waals surface area contributed by atoms with Crippen molar-refractivity contribution >= 4 is 23.0 Å². The van der Waals surface area contributed by atoms with Crippen LogP contribution in [-0.2, 0) is 0 Å². The Kier molecular flexibility index (Phi) is 5.42. The first-order valence-electron chi connectivity index (χ1n) is 6.17. The molecule has 0 spiro atoms. The lowest BCUT2D eigenvalue weighted by atomic mass is 10.1. The minimum absolute atomic E-state index is 0.422. The lowest BCUT2D eigenvalue weighted by Crippen LogP contribution is -2.35. The number of benzene rings is 1. The van der Waals surface area contributed by atoms with Gasteiger partial charge in [0.2, 0.25) is 0 Å². The van der Waals surface area contributed by atoms with E-state index in [1.807, 2.05) is 0 Å². The number of hydrogen-bond acceptors (Lipinski definition) is 1. The molecule has 2 N–H and O–H groups in total. The number of nitrogens with one attached hydrogen (secondary N) is 2. The van der Waals surface area contributed by atoms with Gasteiger partial charge in [0, 0.05) is 11.7 Å². The van der Waals surface area contributed by atoms with Crippen molar-refractivity contribution in [2.45, 2.75) is 46.6 Å². The van der Waals surface area contributed by atoms with Gasteiger partial charge in [-0.2, -0.15) is 0 Å². The summed E-state index contributed by atoms with van der Waals surface area (Å²) in [6.07, 6.45) is 2.30. The lowest BCUT2D eigenvalue weighted by Gasteiger charge is -2.17. The van der Waals surface area contributed by atoms with Gasteiger partial charge in [-0.15, -0.1) is 0 Å². The maximum absolute atomic E-state index is 5.30. The monoisotopic (exact) mass is 250 g/mol. The molecular weight excluding hydrogens is 228 g/mol. The van der Waals surface area contributed by atoms with E-state index in [-0.39, 0.29) is 0 Å². The molecule has 3 heteroatoms. The summed E-state index contributed by atoms with van der Waals surface area (Å²) in [6.45, 7) is 8.52. The van der Waals surface area contributed by atoms with Crippen molar-refractivity contribution in [2.24, 2.45) is 0 Å². The number of anilines is 1. The summed E-state index contributed by atoms with van der Waals surface area (Å²) in [5, 5.41) is 7.24. The molecule has 0 aromatic heterocycles. The fourth-order valence-corrected chi connectivity index (χ4v) is 2.15. The third kappa shape index (κ3) is 4.73. The van der Waals surface area contributed by atoms with E-state index in [2.05, 4.69) is 56.5 Å². The van der Waals surface area contributed by atoms with Crippen molar-refractivity contribution in [1.82, 2.24) is 5.32 Å². The van der Waals surface area contributed by atoms with Gasteiger partial charge in [0.05, 0.1) is 0 Å². The van der Waals surface area contributed by atoms with Crippen molar-refractivity contribution in [3.05, 3.63) is 29.3 Å². The maximum Gasteiger partial charge on any atom is 0.170 e. The molecule has 0 heterocycles. The van der Waals surface area contributed by atoms with Crippen LogP contribution in [0.25, 0.3) is 0 Å². The average Bonchev–Trinajstić information content (AvgIpc) is 2.22. The molecule has 0 saturated heterocycles. The molecule has 0 aliphatic rings. The van der Waals surface area contributed by atoms with E-state index in [4.69, 9.17) is 12.2 Å². The highest BCUT2D eigenvalue weighted by atomic mass is 32.1. The molecule has 0 aliphatic carbocycles.